The minimum atomic E-state index is -0.842. The Kier molecular flexibility index (Phi) is 3.14. The van der Waals surface area contributed by atoms with E-state index in [1.807, 2.05) is 31.2 Å². The van der Waals surface area contributed by atoms with E-state index < -0.39 is 5.79 Å². The van der Waals surface area contributed by atoms with Crippen LogP contribution in [0.5, 0.6) is 0 Å². The zero-order valence-electron chi connectivity index (χ0n) is 9.78. The first kappa shape index (κ1) is 12.5. The molecule has 0 amide bonds. The van der Waals surface area contributed by atoms with Gasteiger partial charge in [-0.25, -0.2) is 0 Å². The quantitative estimate of drug-likeness (QED) is 0.779. The van der Waals surface area contributed by atoms with Gasteiger partial charge in [0.2, 0.25) is 5.79 Å². The minimum Gasteiger partial charge on any atom is -0.455 e. The van der Waals surface area contributed by atoms with Crippen molar-refractivity contribution in [2.24, 2.45) is 0 Å². The number of benzene rings is 1. The molecule has 18 heavy (non-hydrogen) atoms. The van der Waals surface area contributed by atoms with Crippen LogP contribution in [0.1, 0.15) is 12.7 Å². The van der Waals surface area contributed by atoms with Gasteiger partial charge in [-0.2, -0.15) is 0 Å². The van der Waals surface area contributed by atoms with Gasteiger partial charge in [0.05, 0.1) is 18.6 Å². The maximum atomic E-state index is 5.79. The lowest BCUT2D eigenvalue weighted by Gasteiger charge is -2.19. The number of furan rings is 1. The lowest BCUT2D eigenvalue weighted by Crippen LogP contribution is -2.23. The van der Waals surface area contributed by atoms with E-state index in [-0.39, 0.29) is 6.10 Å². The Morgan fingerprint density at radius 3 is 3.00 bits per heavy atom. The summed E-state index contributed by atoms with van der Waals surface area (Å²) in [5.41, 5.74) is 0.816. The van der Waals surface area contributed by atoms with Crippen LogP contribution >= 0.6 is 27.5 Å². The summed E-state index contributed by atoms with van der Waals surface area (Å²) in [7, 11) is 0. The first-order valence-electron chi connectivity index (χ1n) is 5.68. The summed E-state index contributed by atoms with van der Waals surface area (Å²) in [6.45, 7) is 2.34. The molecule has 0 saturated carbocycles. The molecule has 2 heterocycles. The van der Waals surface area contributed by atoms with Crippen LogP contribution in [0, 0.1) is 0 Å². The van der Waals surface area contributed by atoms with Gasteiger partial charge in [-0.05, 0) is 31.2 Å². The highest BCUT2D eigenvalue weighted by atomic mass is 79.9. The number of halogens is 2. The summed E-state index contributed by atoms with van der Waals surface area (Å²) in [5.74, 6) is 0.245. The molecule has 0 bridgehead atoms. The summed E-state index contributed by atoms with van der Waals surface area (Å²) in [6, 6.07) is 7.80. The van der Waals surface area contributed by atoms with Crippen molar-refractivity contribution in [3.05, 3.63) is 34.5 Å². The minimum absolute atomic E-state index is 0.0865. The molecular weight excluding hydrogens is 319 g/mol. The summed E-state index contributed by atoms with van der Waals surface area (Å²) < 4.78 is 18.3. The lowest BCUT2D eigenvalue weighted by atomic mass is 10.2. The van der Waals surface area contributed by atoms with Crippen molar-refractivity contribution in [2.45, 2.75) is 18.8 Å². The number of fused-ring (bicyclic) bond motifs is 1. The average Bonchev–Trinajstić information content (AvgIpc) is 2.93. The fourth-order valence-corrected chi connectivity index (χ4v) is 2.61. The molecule has 3 nitrogen and oxygen atoms in total. The SMILES string of the molecule is CC1(c2cc3cc(Br)ccc3o2)OCC(CCl)O1. The van der Waals surface area contributed by atoms with Gasteiger partial charge in [0.1, 0.15) is 5.58 Å². The van der Waals surface area contributed by atoms with E-state index in [4.69, 9.17) is 25.5 Å². The van der Waals surface area contributed by atoms with Gasteiger partial charge in [0.25, 0.3) is 0 Å². The molecule has 1 aliphatic heterocycles. The van der Waals surface area contributed by atoms with Crippen molar-refractivity contribution in [1.29, 1.82) is 0 Å². The molecule has 1 aromatic heterocycles. The second-order valence-corrected chi connectivity index (χ2v) is 5.67. The smallest absolute Gasteiger partial charge is 0.225 e. The van der Waals surface area contributed by atoms with E-state index in [0.717, 1.165) is 15.4 Å². The van der Waals surface area contributed by atoms with Crippen molar-refractivity contribution in [2.75, 3.05) is 12.5 Å². The molecular formula is C13H12BrClO3. The molecule has 1 aromatic carbocycles. The van der Waals surface area contributed by atoms with Crippen LogP contribution in [-0.4, -0.2) is 18.6 Å². The molecule has 0 N–H and O–H groups in total. The predicted octanol–water partition coefficient (Wildman–Crippen LogP) is 4.02. The monoisotopic (exact) mass is 330 g/mol. The standard InChI is InChI=1S/C13H12BrClO3/c1-13(16-7-10(6-15)18-13)12-5-8-4-9(14)2-3-11(8)17-12/h2-5,10H,6-7H2,1H3. The first-order valence-corrected chi connectivity index (χ1v) is 7.01. The van der Waals surface area contributed by atoms with Gasteiger partial charge in [0.15, 0.2) is 5.76 Å². The molecule has 2 unspecified atom stereocenters. The molecule has 0 radical (unpaired) electrons. The van der Waals surface area contributed by atoms with E-state index in [0.29, 0.717) is 18.2 Å². The van der Waals surface area contributed by atoms with Gasteiger partial charge in [-0.1, -0.05) is 15.9 Å². The predicted molar refractivity (Wildman–Crippen MR) is 72.8 cm³/mol. The largest absolute Gasteiger partial charge is 0.455 e. The van der Waals surface area contributed by atoms with Gasteiger partial charge in [-0.3, -0.25) is 0 Å². The highest BCUT2D eigenvalue weighted by molar-refractivity contribution is 9.10. The molecule has 5 heteroatoms. The summed E-state index contributed by atoms with van der Waals surface area (Å²) in [5, 5.41) is 1.02. The van der Waals surface area contributed by atoms with Crippen molar-refractivity contribution in [1.82, 2.24) is 0 Å². The van der Waals surface area contributed by atoms with E-state index in [2.05, 4.69) is 15.9 Å². The Labute approximate surface area is 118 Å². The van der Waals surface area contributed by atoms with Crippen LogP contribution in [-0.2, 0) is 15.3 Å². The van der Waals surface area contributed by atoms with E-state index >= 15 is 0 Å². The average molecular weight is 332 g/mol. The molecule has 1 aliphatic rings. The molecule has 96 valence electrons. The third kappa shape index (κ3) is 2.07. The summed E-state index contributed by atoms with van der Waals surface area (Å²) in [6.07, 6.45) is -0.0865. The number of hydrogen-bond donors (Lipinski definition) is 0. The van der Waals surface area contributed by atoms with Gasteiger partial charge < -0.3 is 13.9 Å². The topological polar surface area (TPSA) is 31.6 Å². The van der Waals surface area contributed by atoms with E-state index in [1.165, 1.54) is 0 Å². The van der Waals surface area contributed by atoms with Crippen LogP contribution in [0.2, 0.25) is 0 Å². The fraction of sp³-hybridized carbons (Fsp3) is 0.385. The number of rotatable bonds is 2. The first-order chi connectivity index (χ1) is 8.60. The Morgan fingerprint density at radius 1 is 1.44 bits per heavy atom. The van der Waals surface area contributed by atoms with Crippen molar-refractivity contribution in [3.8, 4) is 0 Å². The zero-order valence-corrected chi connectivity index (χ0v) is 12.1. The Morgan fingerprint density at radius 2 is 2.28 bits per heavy atom. The maximum Gasteiger partial charge on any atom is 0.225 e. The van der Waals surface area contributed by atoms with Crippen LogP contribution in [0.3, 0.4) is 0 Å². The third-order valence-corrected chi connectivity index (χ3v) is 3.87. The van der Waals surface area contributed by atoms with Crippen LogP contribution in [0.4, 0.5) is 0 Å². The number of hydrogen-bond acceptors (Lipinski definition) is 3. The molecule has 1 fully saturated rings. The Bertz CT molecular complexity index is 583. The Balaban J connectivity index is 1.99. The highest BCUT2D eigenvalue weighted by Crippen LogP contribution is 2.37. The molecule has 2 atom stereocenters. The van der Waals surface area contributed by atoms with Crippen molar-refractivity contribution >= 4 is 38.5 Å². The second kappa shape index (κ2) is 4.53. The lowest BCUT2D eigenvalue weighted by molar-refractivity contribution is -0.171. The second-order valence-electron chi connectivity index (χ2n) is 4.44. The Hall–Kier alpha value is -0.550. The van der Waals surface area contributed by atoms with Crippen LogP contribution < -0.4 is 0 Å². The van der Waals surface area contributed by atoms with Crippen LogP contribution in [0.15, 0.2) is 33.2 Å². The van der Waals surface area contributed by atoms with Gasteiger partial charge in [-0.15, -0.1) is 11.6 Å². The van der Waals surface area contributed by atoms with E-state index in [9.17, 15) is 0 Å². The highest BCUT2D eigenvalue weighted by Gasteiger charge is 2.41. The fourth-order valence-electron chi connectivity index (χ4n) is 2.08. The van der Waals surface area contributed by atoms with Gasteiger partial charge in [0, 0.05) is 9.86 Å². The molecule has 2 aromatic rings. The van der Waals surface area contributed by atoms with Crippen molar-refractivity contribution in [3.63, 3.8) is 0 Å². The molecule has 1 saturated heterocycles. The molecule has 3 rings (SSSR count). The maximum absolute atomic E-state index is 5.79. The number of alkyl halides is 1. The molecule has 0 spiro atoms. The summed E-state index contributed by atoms with van der Waals surface area (Å²) in [4.78, 5) is 0. The zero-order chi connectivity index (χ0) is 12.8. The molecule has 0 aliphatic carbocycles. The normalized spacial score (nSPS) is 28.1. The van der Waals surface area contributed by atoms with Crippen LogP contribution in [0.25, 0.3) is 11.0 Å². The summed E-state index contributed by atoms with van der Waals surface area (Å²) >= 11 is 9.22. The van der Waals surface area contributed by atoms with Crippen molar-refractivity contribution < 1.29 is 13.9 Å². The number of ether oxygens (including phenoxy) is 2. The van der Waals surface area contributed by atoms with Gasteiger partial charge >= 0.3 is 0 Å². The third-order valence-electron chi connectivity index (χ3n) is 3.03. The van der Waals surface area contributed by atoms with E-state index in [1.54, 1.807) is 0 Å².